The summed E-state index contributed by atoms with van der Waals surface area (Å²) in [5, 5.41) is 2.12. The zero-order valence-corrected chi connectivity index (χ0v) is 14.0. The molecular formula is C18H22N2OS. The van der Waals surface area contributed by atoms with Crippen LogP contribution < -0.4 is 0 Å². The number of benzene rings is 1. The van der Waals surface area contributed by atoms with E-state index in [0.29, 0.717) is 5.75 Å². The second-order valence-corrected chi connectivity index (χ2v) is 7.14. The monoisotopic (exact) mass is 314 g/mol. The van der Waals surface area contributed by atoms with Crippen LogP contribution in [0, 0.1) is 12.8 Å². The van der Waals surface area contributed by atoms with E-state index < -0.39 is 0 Å². The minimum atomic E-state index is 0.240. The quantitative estimate of drug-likeness (QED) is 0.806. The number of nitrogens with zero attached hydrogens (tertiary/aromatic N) is 2. The lowest BCUT2D eigenvalue weighted by molar-refractivity contribution is -0.129. The van der Waals surface area contributed by atoms with Crippen LogP contribution in [0.5, 0.6) is 0 Å². The van der Waals surface area contributed by atoms with Crippen LogP contribution >= 0.6 is 11.8 Å². The number of rotatable bonds is 3. The van der Waals surface area contributed by atoms with Gasteiger partial charge in [-0.3, -0.25) is 4.79 Å². The van der Waals surface area contributed by atoms with Crippen LogP contribution in [0.2, 0.25) is 0 Å². The molecule has 1 aromatic carbocycles. The topological polar surface area (TPSA) is 33.2 Å². The smallest absolute Gasteiger partial charge is 0.232 e. The van der Waals surface area contributed by atoms with Gasteiger partial charge in [-0.05, 0) is 43.4 Å². The molecule has 3 rings (SSSR count). The Bertz CT molecular complexity index is 678. The highest BCUT2D eigenvalue weighted by atomic mass is 32.2. The number of piperidine rings is 1. The van der Waals surface area contributed by atoms with Crippen molar-refractivity contribution in [3.63, 3.8) is 0 Å². The first-order chi connectivity index (χ1) is 10.6. The predicted molar refractivity (Wildman–Crippen MR) is 92.2 cm³/mol. The Morgan fingerprint density at radius 3 is 2.82 bits per heavy atom. The minimum absolute atomic E-state index is 0.240. The van der Waals surface area contributed by atoms with E-state index in [-0.39, 0.29) is 5.91 Å². The molecule has 0 spiro atoms. The van der Waals surface area contributed by atoms with Gasteiger partial charge in [0.25, 0.3) is 0 Å². The van der Waals surface area contributed by atoms with Crippen molar-refractivity contribution in [2.45, 2.75) is 31.7 Å². The highest BCUT2D eigenvalue weighted by Gasteiger charge is 2.20. The van der Waals surface area contributed by atoms with E-state index >= 15 is 0 Å². The third-order valence-electron chi connectivity index (χ3n) is 4.38. The van der Waals surface area contributed by atoms with Crippen molar-refractivity contribution in [2.75, 3.05) is 18.8 Å². The first-order valence-corrected chi connectivity index (χ1v) is 8.89. The first kappa shape index (κ1) is 15.3. The molecule has 2 heterocycles. The van der Waals surface area contributed by atoms with E-state index in [1.165, 1.54) is 10.9 Å². The Kier molecular flexibility index (Phi) is 4.67. The third-order valence-corrected chi connectivity index (χ3v) is 5.28. The Hall–Kier alpha value is -1.55. The van der Waals surface area contributed by atoms with E-state index in [1.54, 1.807) is 11.8 Å². The summed E-state index contributed by atoms with van der Waals surface area (Å²) in [7, 11) is 0. The lowest BCUT2D eigenvalue weighted by Crippen LogP contribution is -2.38. The summed E-state index contributed by atoms with van der Waals surface area (Å²) in [4.78, 5) is 19.0. The molecule has 3 nitrogen and oxygen atoms in total. The average Bonchev–Trinajstić information content (AvgIpc) is 2.53. The zero-order valence-electron chi connectivity index (χ0n) is 13.2. The van der Waals surface area contributed by atoms with Gasteiger partial charge in [0, 0.05) is 18.5 Å². The average molecular weight is 314 g/mol. The molecule has 22 heavy (non-hydrogen) atoms. The number of aromatic nitrogens is 1. The molecule has 0 atom stereocenters. The number of carbonyl (C=O) groups excluding carboxylic acids is 1. The van der Waals surface area contributed by atoms with E-state index in [1.807, 2.05) is 23.1 Å². The Morgan fingerprint density at radius 2 is 2.05 bits per heavy atom. The third kappa shape index (κ3) is 3.43. The van der Waals surface area contributed by atoms with Gasteiger partial charge in [-0.25, -0.2) is 4.98 Å². The molecule has 1 amide bonds. The van der Waals surface area contributed by atoms with Crippen LogP contribution in [0.1, 0.15) is 25.3 Å². The molecule has 0 aliphatic carbocycles. The Labute approximate surface area is 136 Å². The van der Waals surface area contributed by atoms with E-state index in [9.17, 15) is 4.79 Å². The second-order valence-electron chi connectivity index (χ2n) is 6.15. The number of amides is 1. The summed E-state index contributed by atoms with van der Waals surface area (Å²) >= 11 is 1.55. The summed E-state index contributed by atoms with van der Waals surface area (Å²) in [5.74, 6) is 1.48. The molecule has 0 N–H and O–H groups in total. The van der Waals surface area contributed by atoms with Gasteiger partial charge in [0.15, 0.2) is 0 Å². The number of hydrogen-bond donors (Lipinski definition) is 0. The number of para-hydroxylation sites is 1. The molecule has 1 fully saturated rings. The maximum Gasteiger partial charge on any atom is 0.232 e. The van der Waals surface area contributed by atoms with Crippen molar-refractivity contribution in [1.29, 1.82) is 0 Å². The molecule has 0 bridgehead atoms. The van der Waals surface area contributed by atoms with Crippen LogP contribution in [0.15, 0.2) is 35.4 Å². The molecule has 1 aromatic heterocycles. The predicted octanol–water partition coefficient (Wildman–Crippen LogP) is 3.89. The molecule has 1 aliphatic heterocycles. The molecule has 0 unspecified atom stereocenters. The maximum atomic E-state index is 12.3. The van der Waals surface area contributed by atoms with Crippen molar-refractivity contribution < 1.29 is 4.79 Å². The van der Waals surface area contributed by atoms with Crippen molar-refractivity contribution in [3.8, 4) is 0 Å². The number of fused-ring (bicyclic) bond motifs is 1. The Morgan fingerprint density at radius 1 is 1.32 bits per heavy atom. The van der Waals surface area contributed by atoms with Gasteiger partial charge in [0.1, 0.15) is 0 Å². The molecule has 4 heteroatoms. The lowest BCUT2D eigenvalue weighted by Gasteiger charge is -2.30. The van der Waals surface area contributed by atoms with E-state index in [2.05, 4.69) is 31.0 Å². The summed E-state index contributed by atoms with van der Waals surface area (Å²) in [5.41, 5.74) is 2.22. The number of carbonyl (C=O) groups is 1. The van der Waals surface area contributed by atoms with Crippen molar-refractivity contribution in [2.24, 2.45) is 5.92 Å². The fourth-order valence-corrected chi connectivity index (χ4v) is 3.75. The summed E-state index contributed by atoms with van der Waals surface area (Å²) in [6.07, 6.45) is 2.26. The van der Waals surface area contributed by atoms with Gasteiger partial charge in [0.2, 0.25) is 5.91 Å². The van der Waals surface area contributed by atoms with Crippen LogP contribution in [-0.4, -0.2) is 34.6 Å². The highest BCUT2D eigenvalue weighted by Crippen LogP contribution is 2.24. The van der Waals surface area contributed by atoms with Crippen LogP contribution in [0.4, 0.5) is 0 Å². The maximum absolute atomic E-state index is 12.3. The zero-order chi connectivity index (χ0) is 15.5. The molecular weight excluding hydrogens is 292 g/mol. The summed E-state index contributed by atoms with van der Waals surface area (Å²) in [6, 6.07) is 10.2. The van der Waals surface area contributed by atoms with Crippen LogP contribution in [0.3, 0.4) is 0 Å². The summed E-state index contributed by atoms with van der Waals surface area (Å²) in [6.45, 7) is 6.18. The number of pyridine rings is 1. The summed E-state index contributed by atoms with van der Waals surface area (Å²) < 4.78 is 0. The molecule has 0 radical (unpaired) electrons. The molecule has 2 aromatic rings. The minimum Gasteiger partial charge on any atom is -0.342 e. The number of aryl methyl sites for hydroxylation is 1. The number of likely N-dealkylation sites (tertiary alicyclic amines) is 1. The van der Waals surface area contributed by atoms with Crippen molar-refractivity contribution in [3.05, 3.63) is 35.9 Å². The fraction of sp³-hybridized carbons (Fsp3) is 0.444. The van der Waals surface area contributed by atoms with Crippen LogP contribution in [-0.2, 0) is 4.79 Å². The van der Waals surface area contributed by atoms with Crippen molar-refractivity contribution in [1.82, 2.24) is 9.88 Å². The van der Waals surface area contributed by atoms with E-state index in [0.717, 1.165) is 42.4 Å². The van der Waals surface area contributed by atoms with Gasteiger partial charge in [0.05, 0.1) is 16.3 Å². The second kappa shape index (κ2) is 6.69. The van der Waals surface area contributed by atoms with Crippen molar-refractivity contribution >= 4 is 28.6 Å². The van der Waals surface area contributed by atoms with Gasteiger partial charge >= 0.3 is 0 Å². The Balaban J connectivity index is 1.65. The number of thioether (sulfide) groups is 1. The van der Waals surface area contributed by atoms with Gasteiger partial charge in [-0.15, -0.1) is 0 Å². The molecule has 1 aliphatic rings. The normalized spacial score (nSPS) is 16.2. The van der Waals surface area contributed by atoms with Gasteiger partial charge in [-0.1, -0.05) is 36.9 Å². The molecule has 1 saturated heterocycles. The highest BCUT2D eigenvalue weighted by molar-refractivity contribution is 7.99. The van der Waals surface area contributed by atoms with Gasteiger partial charge < -0.3 is 4.90 Å². The SMILES string of the molecule is Cc1cc(SCC(=O)N2CCC(C)CC2)nc2ccccc12. The number of hydrogen-bond acceptors (Lipinski definition) is 3. The van der Waals surface area contributed by atoms with Crippen LogP contribution in [0.25, 0.3) is 10.9 Å². The van der Waals surface area contributed by atoms with E-state index in [4.69, 9.17) is 0 Å². The van der Waals surface area contributed by atoms with Gasteiger partial charge in [-0.2, -0.15) is 0 Å². The first-order valence-electron chi connectivity index (χ1n) is 7.90. The molecule has 0 saturated carbocycles. The fourth-order valence-electron chi connectivity index (χ4n) is 2.88. The largest absolute Gasteiger partial charge is 0.342 e. The standard InChI is InChI=1S/C18H22N2OS/c1-13-7-9-20(10-8-13)18(21)12-22-17-11-14(2)15-5-3-4-6-16(15)19-17/h3-6,11,13H,7-10,12H2,1-2H3. The lowest BCUT2D eigenvalue weighted by atomic mass is 9.99. The molecule has 116 valence electrons.